The van der Waals surface area contributed by atoms with E-state index < -0.39 is 0 Å². The Balaban J connectivity index is 2.76. The smallest absolute Gasteiger partial charge is 0.320 e. The third kappa shape index (κ3) is 1.32. The van der Waals surface area contributed by atoms with Gasteiger partial charge < -0.3 is 9.84 Å². The van der Waals surface area contributed by atoms with Crippen molar-refractivity contribution in [2.75, 3.05) is 7.11 Å². The first-order chi connectivity index (χ1) is 6.70. The minimum atomic E-state index is -0.157. The van der Waals surface area contributed by atoms with Crippen molar-refractivity contribution in [3.8, 4) is 11.9 Å². The van der Waals surface area contributed by atoms with Crippen molar-refractivity contribution in [2.24, 2.45) is 0 Å². The number of hydrogen-bond acceptors (Lipinski definition) is 5. The highest BCUT2D eigenvalue weighted by Crippen LogP contribution is 2.21. The summed E-state index contributed by atoms with van der Waals surface area (Å²) in [7, 11) is 1.45. The van der Waals surface area contributed by atoms with E-state index in [1.807, 2.05) is 13.0 Å². The zero-order chi connectivity index (χ0) is 10.1. The number of nitrogens with zero attached hydrogens (tertiary/aromatic N) is 3. The molecule has 0 saturated carbocycles. The summed E-state index contributed by atoms with van der Waals surface area (Å²) in [6.07, 6.45) is 0. The molecule has 0 amide bonds. The summed E-state index contributed by atoms with van der Waals surface area (Å²) < 4.78 is 4.82. The van der Waals surface area contributed by atoms with E-state index in [1.54, 1.807) is 6.07 Å². The highest BCUT2D eigenvalue weighted by atomic mass is 16.5. The van der Waals surface area contributed by atoms with Crippen molar-refractivity contribution in [3.63, 3.8) is 0 Å². The number of ether oxygens (including phenoxy) is 1. The molecule has 5 heteroatoms. The third-order valence-corrected chi connectivity index (χ3v) is 1.83. The standard InChI is InChI=1S/C9H9N3O2/c1-5-3-4-6-7(10-5)8(13)12-9(11-6)14-2/h3-4H,1-2H3,(H,11,12,13). The lowest BCUT2D eigenvalue weighted by Gasteiger charge is -2.02. The second-order valence-electron chi connectivity index (χ2n) is 2.85. The molecule has 0 atom stereocenters. The van der Waals surface area contributed by atoms with Gasteiger partial charge in [0.05, 0.1) is 12.6 Å². The summed E-state index contributed by atoms with van der Waals surface area (Å²) in [5.74, 6) is -0.157. The first-order valence-electron chi connectivity index (χ1n) is 4.09. The predicted octanol–water partition coefficient (Wildman–Crippen LogP) is 1.05. The molecule has 5 nitrogen and oxygen atoms in total. The van der Waals surface area contributed by atoms with E-state index in [2.05, 4.69) is 15.0 Å². The molecule has 72 valence electrons. The molecule has 1 N–H and O–H groups in total. The molecule has 2 aromatic heterocycles. The van der Waals surface area contributed by atoms with Crippen LogP contribution in [0.3, 0.4) is 0 Å². The van der Waals surface area contributed by atoms with E-state index in [0.717, 1.165) is 5.69 Å². The molecular weight excluding hydrogens is 182 g/mol. The van der Waals surface area contributed by atoms with Gasteiger partial charge in [-0.15, -0.1) is 0 Å². The van der Waals surface area contributed by atoms with E-state index in [1.165, 1.54) is 7.11 Å². The molecule has 0 unspecified atom stereocenters. The van der Waals surface area contributed by atoms with Crippen LogP contribution in [0.15, 0.2) is 12.1 Å². The summed E-state index contributed by atoms with van der Waals surface area (Å²) in [5.41, 5.74) is 1.77. The summed E-state index contributed by atoms with van der Waals surface area (Å²) in [6, 6.07) is 3.72. The fourth-order valence-corrected chi connectivity index (χ4v) is 1.17. The lowest BCUT2D eigenvalue weighted by molar-refractivity contribution is 0.367. The van der Waals surface area contributed by atoms with Crippen LogP contribution in [0.1, 0.15) is 5.69 Å². The Labute approximate surface area is 80.4 Å². The quantitative estimate of drug-likeness (QED) is 0.729. The number of methoxy groups -OCH3 is 1. The number of rotatable bonds is 1. The molecule has 2 aromatic rings. The molecule has 14 heavy (non-hydrogen) atoms. The molecule has 0 bridgehead atoms. The highest BCUT2D eigenvalue weighted by molar-refractivity contribution is 5.79. The summed E-state index contributed by atoms with van der Waals surface area (Å²) in [6.45, 7) is 1.84. The Morgan fingerprint density at radius 3 is 2.71 bits per heavy atom. The SMILES string of the molecule is COc1nc(O)c2nc(C)ccc2n1. The van der Waals surface area contributed by atoms with Gasteiger partial charge in [0.15, 0.2) is 5.52 Å². The van der Waals surface area contributed by atoms with Gasteiger partial charge in [0.2, 0.25) is 5.88 Å². The van der Waals surface area contributed by atoms with Gasteiger partial charge in [0.1, 0.15) is 0 Å². The summed E-state index contributed by atoms with van der Waals surface area (Å²) >= 11 is 0. The van der Waals surface area contributed by atoms with Crippen LogP contribution in [0.2, 0.25) is 0 Å². The van der Waals surface area contributed by atoms with Gasteiger partial charge in [-0.3, -0.25) is 0 Å². The van der Waals surface area contributed by atoms with Crippen molar-refractivity contribution in [1.29, 1.82) is 0 Å². The molecule has 0 radical (unpaired) electrons. The third-order valence-electron chi connectivity index (χ3n) is 1.83. The van der Waals surface area contributed by atoms with Crippen LogP contribution in [-0.2, 0) is 0 Å². The van der Waals surface area contributed by atoms with Gasteiger partial charge in [-0.05, 0) is 19.1 Å². The largest absolute Gasteiger partial charge is 0.492 e. The number of aryl methyl sites for hydroxylation is 1. The molecule has 0 saturated heterocycles. The van der Waals surface area contributed by atoms with Crippen LogP contribution in [0.5, 0.6) is 11.9 Å². The maximum absolute atomic E-state index is 9.51. The number of aromatic nitrogens is 3. The Hall–Kier alpha value is -1.91. The van der Waals surface area contributed by atoms with Crippen molar-refractivity contribution in [2.45, 2.75) is 6.92 Å². The summed E-state index contributed by atoms with van der Waals surface area (Å²) in [4.78, 5) is 11.9. The zero-order valence-corrected chi connectivity index (χ0v) is 7.85. The Bertz CT molecular complexity index is 485. The molecule has 0 spiro atoms. The Morgan fingerprint density at radius 2 is 2.00 bits per heavy atom. The second-order valence-corrected chi connectivity index (χ2v) is 2.85. The molecule has 0 aliphatic carbocycles. The van der Waals surface area contributed by atoms with Crippen LogP contribution < -0.4 is 4.74 Å². The lowest BCUT2D eigenvalue weighted by Crippen LogP contribution is -1.94. The van der Waals surface area contributed by atoms with Gasteiger partial charge >= 0.3 is 6.01 Å². The predicted molar refractivity (Wildman–Crippen MR) is 50.3 cm³/mol. The summed E-state index contributed by atoms with van der Waals surface area (Å²) in [5, 5.41) is 9.51. The van der Waals surface area contributed by atoms with E-state index in [0.29, 0.717) is 11.0 Å². The topological polar surface area (TPSA) is 68.1 Å². The average Bonchev–Trinajstić information content (AvgIpc) is 2.19. The van der Waals surface area contributed by atoms with Crippen LogP contribution in [-0.4, -0.2) is 27.2 Å². The Kier molecular flexibility index (Phi) is 1.92. The van der Waals surface area contributed by atoms with Crippen LogP contribution in [0.4, 0.5) is 0 Å². The van der Waals surface area contributed by atoms with Crippen molar-refractivity contribution >= 4 is 11.0 Å². The van der Waals surface area contributed by atoms with Gasteiger partial charge in [0, 0.05) is 5.69 Å². The lowest BCUT2D eigenvalue weighted by atomic mass is 10.3. The highest BCUT2D eigenvalue weighted by Gasteiger charge is 2.07. The van der Waals surface area contributed by atoms with E-state index in [9.17, 15) is 5.11 Å². The van der Waals surface area contributed by atoms with Gasteiger partial charge in [-0.1, -0.05) is 0 Å². The fraction of sp³-hybridized carbons (Fsp3) is 0.222. The number of fused-ring (bicyclic) bond motifs is 1. The normalized spacial score (nSPS) is 10.4. The maximum atomic E-state index is 9.51. The van der Waals surface area contributed by atoms with E-state index in [-0.39, 0.29) is 11.9 Å². The van der Waals surface area contributed by atoms with E-state index in [4.69, 9.17) is 4.74 Å². The first kappa shape index (κ1) is 8.68. The number of aromatic hydroxyl groups is 1. The molecule has 0 fully saturated rings. The van der Waals surface area contributed by atoms with Crippen LogP contribution >= 0.6 is 0 Å². The number of hydrogen-bond donors (Lipinski definition) is 1. The van der Waals surface area contributed by atoms with E-state index >= 15 is 0 Å². The maximum Gasteiger partial charge on any atom is 0.320 e. The van der Waals surface area contributed by atoms with Gasteiger partial charge in [-0.25, -0.2) is 4.98 Å². The molecule has 2 heterocycles. The van der Waals surface area contributed by atoms with Crippen molar-refractivity contribution in [3.05, 3.63) is 17.8 Å². The molecule has 2 rings (SSSR count). The monoisotopic (exact) mass is 191 g/mol. The molecule has 0 aliphatic heterocycles. The number of pyridine rings is 1. The molecule has 0 aromatic carbocycles. The van der Waals surface area contributed by atoms with Gasteiger partial charge in [-0.2, -0.15) is 9.97 Å². The minimum absolute atomic E-state index is 0.139. The van der Waals surface area contributed by atoms with Crippen LogP contribution in [0.25, 0.3) is 11.0 Å². The van der Waals surface area contributed by atoms with Gasteiger partial charge in [0.25, 0.3) is 0 Å². The van der Waals surface area contributed by atoms with Crippen molar-refractivity contribution < 1.29 is 9.84 Å². The van der Waals surface area contributed by atoms with Crippen molar-refractivity contribution in [1.82, 2.24) is 15.0 Å². The minimum Gasteiger partial charge on any atom is -0.492 e. The molecule has 0 aliphatic rings. The molecular formula is C9H9N3O2. The first-order valence-corrected chi connectivity index (χ1v) is 4.09. The fourth-order valence-electron chi connectivity index (χ4n) is 1.17. The zero-order valence-electron chi connectivity index (χ0n) is 7.85. The second kappa shape index (κ2) is 3.10. The average molecular weight is 191 g/mol. The van der Waals surface area contributed by atoms with Crippen LogP contribution in [0, 0.1) is 6.92 Å². The Morgan fingerprint density at radius 1 is 1.21 bits per heavy atom.